The van der Waals surface area contributed by atoms with Crippen LogP contribution >= 0.6 is 35.0 Å². The van der Waals surface area contributed by atoms with E-state index in [0.29, 0.717) is 21.2 Å². The zero-order valence-electron chi connectivity index (χ0n) is 12.6. The first-order valence-corrected chi connectivity index (χ1v) is 8.63. The Morgan fingerprint density at radius 3 is 2.48 bits per heavy atom. The summed E-state index contributed by atoms with van der Waals surface area (Å²) in [5.41, 5.74) is 1.00. The topological polar surface area (TPSA) is 77.8 Å². The molecule has 1 fully saturated rings. The number of phenolic OH excluding ortho intramolecular Hbond substituents is 2. The highest BCUT2D eigenvalue weighted by atomic mass is 35.5. The smallest absolute Gasteiger partial charge is 0.293 e. The second kappa shape index (κ2) is 7.00. The molecule has 0 aromatic heterocycles. The van der Waals surface area contributed by atoms with Crippen LogP contribution in [0, 0.1) is 0 Å². The molecule has 2 aromatic carbocycles. The largest absolute Gasteiger partial charge is 0.508 e. The molecule has 1 saturated heterocycles. The predicted molar refractivity (Wildman–Crippen MR) is 97.7 cm³/mol. The van der Waals surface area contributed by atoms with Crippen molar-refractivity contribution in [2.75, 3.05) is 0 Å². The predicted octanol–water partition coefficient (Wildman–Crippen LogP) is 4.64. The van der Waals surface area contributed by atoms with Crippen LogP contribution in [0.15, 0.2) is 41.3 Å². The quantitative estimate of drug-likeness (QED) is 0.739. The first-order chi connectivity index (χ1) is 11.8. The number of aromatic hydroxyl groups is 2. The normalized spacial score (nSPS) is 16.1. The van der Waals surface area contributed by atoms with Crippen molar-refractivity contribution in [2.45, 2.75) is 6.54 Å². The standard InChI is InChI=1S/C17H11Cl2NO4S/c18-12-4-1-9(5-13(12)19)8-20-16(23)15(25-17(20)24)6-10-2-3-11(21)7-14(10)22/h1-7,21-22H,8H2/b15-6-. The third kappa shape index (κ3) is 3.76. The SMILES string of the molecule is O=C1S/C(=C\c2ccc(O)cc2O)C(=O)N1Cc1ccc(Cl)c(Cl)c1. The van der Waals surface area contributed by atoms with Crippen LogP contribution in [0.5, 0.6) is 11.5 Å². The van der Waals surface area contributed by atoms with Gasteiger partial charge in [-0.05, 0) is 47.7 Å². The van der Waals surface area contributed by atoms with E-state index in [1.165, 1.54) is 18.2 Å². The maximum atomic E-state index is 12.5. The molecule has 2 aromatic rings. The Morgan fingerprint density at radius 2 is 1.80 bits per heavy atom. The minimum atomic E-state index is -0.464. The fourth-order valence-electron chi connectivity index (χ4n) is 2.25. The number of carbonyl (C=O) groups excluding carboxylic acids is 2. The van der Waals surface area contributed by atoms with Crippen LogP contribution in [0.4, 0.5) is 4.79 Å². The van der Waals surface area contributed by atoms with E-state index in [-0.39, 0.29) is 22.9 Å². The second-order valence-electron chi connectivity index (χ2n) is 5.26. The summed E-state index contributed by atoms with van der Waals surface area (Å²) in [7, 11) is 0. The van der Waals surface area contributed by atoms with Crippen molar-refractivity contribution in [3.8, 4) is 11.5 Å². The van der Waals surface area contributed by atoms with Gasteiger partial charge in [-0.3, -0.25) is 14.5 Å². The fraction of sp³-hybridized carbons (Fsp3) is 0.0588. The lowest BCUT2D eigenvalue weighted by atomic mass is 10.1. The highest BCUT2D eigenvalue weighted by Gasteiger charge is 2.35. The fourth-order valence-corrected chi connectivity index (χ4v) is 3.40. The number of hydrogen-bond donors (Lipinski definition) is 2. The highest BCUT2D eigenvalue weighted by molar-refractivity contribution is 8.18. The van der Waals surface area contributed by atoms with Gasteiger partial charge >= 0.3 is 0 Å². The van der Waals surface area contributed by atoms with Crippen LogP contribution in [-0.2, 0) is 11.3 Å². The summed E-state index contributed by atoms with van der Waals surface area (Å²) >= 11 is 12.6. The third-order valence-corrected chi connectivity index (χ3v) is 5.15. The molecular formula is C17H11Cl2NO4S. The van der Waals surface area contributed by atoms with Gasteiger partial charge in [-0.2, -0.15) is 0 Å². The van der Waals surface area contributed by atoms with Gasteiger partial charge in [0.1, 0.15) is 11.5 Å². The third-order valence-electron chi connectivity index (χ3n) is 3.50. The van der Waals surface area contributed by atoms with Crippen molar-refractivity contribution in [2.24, 2.45) is 0 Å². The molecule has 5 nitrogen and oxygen atoms in total. The Bertz CT molecular complexity index is 914. The van der Waals surface area contributed by atoms with Gasteiger partial charge in [0.15, 0.2) is 0 Å². The van der Waals surface area contributed by atoms with Gasteiger partial charge in [-0.1, -0.05) is 29.3 Å². The van der Waals surface area contributed by atoms with Crippen molar-refractivity contribution in [3.63, 3.8) is 0 Å². The highest BCUT2D eigenvalue weighted by Crippen LogP contribution is 2.35. The number of benzene rings is 2. The lowest BCUT2D eigenvalue weighted by molar-refractivity contribution is -0.123. The molecule has 2 amide bonds. The maximum absolute atomic E-state index is 12.5. The van der Waals surface area contributed by atoms with Gasteiger partial charge in [0, 0.05) is 11.6 Å². The lowest BCUT2D eigenvalue weighted by Crippen LogP contribution is -2.27. The molecule has 8 heteroatoms. The molecule has 128 valence electrons. The number of thioether (sulfide) groups is 1. The first kappa shape index (κ1) is 17.7. The Kier molecular flexibility index (Phi) is 4.94. The lowest BCUT2D eigenvalue weighted by Gasteiger charge is -2.13. The van der Waals surface area contributed by atoms with Crippen molar-refractivity contribution >= 4 is 52.2 Å². The van der Waals surface area contributed by atoms with E-state index in [0.717, 1.165) is 22.7 Å². The minimum absolute atomic E-state index is 0.0699. The molecule has 0 radical (unpaired) electrons. The number of carbonyl (C=O) groups is 2. The number of imide groups is 1. The van der Waals surface area contributed by atoms with Gasteiger partial charge in [-0.15, -0.1) is 0 Å². The summed E-state index contributed by atoms with van der Waals surface area (Å²) in [5.74, 6) is -0.743. The molecule has 0 spiro atoms. The van der Waals surface area contributed by atoms with Gasteiger partial charge in [0.25, 0.3) is 11.1 Å². The summed E-state index contributed by atoms with van der Waals surface area (Å²) in [5, 5.41) is 19.4. The van der Waals surface area contributed by atoms with Crippen LogP contribution in [-0.4, -0.2) is 26.3 Å². The summed E-state index contributed by atoms with van der Waals surface area (Å²) in [4.78, 5) is 25.9. The summed E-state index contributed by atoms with van der Waals surface area (Å²) < 4.78 is 0. The van der Waals surface area contributed by atoms with E-state index in [1.54, 1.807) is 18.2 Å². The van der Waals surface area contributed by atoms with E-state index in [1.807, 2.05) is 0 Å². The Balaban J connectivity index is 1.84. The van der Waals surface area contributed by atoms with Crippen LogP contribution < -0.4 is 0 Å². The molecule has 25 heavy (non-hydrogen) atoms. The van der Waals surface area contributed by atoms with E-state index in [2.05, 4.69) is 0 Å². The molecule has 0 atom stereocenters. The number of nitrogens with zero attached hydrogens (tertiary/aromatic N) is 1. The molecule has 0 unspecified atom stereocenters. The minimum Gasteiger partial charge on any atom is -0.508 e. The van der Waals surface area contributed by atoms with Crippen LogP contribution in [0.25, 0.3) is 6.08 Å². The van der Waals surface area contributed by atoms with Gasteiger partial charge in [0.05, 0.1) is 21.5 Å². The monoisotopic (exact) mass is 395 g/mol. The summed E-state index contributed by atoms with van der Waals surface area (Å²) in [6, 6.07) is 8.88. The molecule has 1 heterocycles. The van der Waals surface area contributed by atoms with Gasteiger partial charge in [0.2, 0.25) is 0 Å². The number of halogens is 2. The molecular weight excluding hydrogens is 385 g/mol. The van der Waals surface area contributed by atoms with E-state index in [9.17, 15) is 19.8 Å². The number of amides is 2. The summed E-state index contributed by atoms with van der Waals surface area (Å²) in [6.07, 6.45) is 1.41. The zero-order valence-corrected chi connectivity index (χ0v) is 14.9. The Labute approximate surface area is 157 Å². The average molecular weight is 396 g/mol. The molecule has 2 N–H and O–H groups in total. The first-order valence-electron chi connectivity index (χ1n) is 7.06. The Morgan fingerprint density at radius 1 is 1.04 bits per heavy atom. The molecule has 1 aliphatic heterocycles. The van der Waals surface area contributed by atoms with Crippen LogP contribution in [0.1, 0.15) is 11.1 Å². The van der Waals surface area contributed by atoms with Crippen molar-refractivity contribution in [3.05, 3.63) is 62.5 Å². The maximum Gasteiger partial charge on any atom is 0.293 e. The molecule has 3 rings (SSSR count). The van der Waals surface area contributed by atoms with Crippen LogP contribution in [0.2, 0.25) is 10.0 Å². The van der Waals surface area contributed by atoms with E-state index in [4.69, 9.17) is 23.2 Å². The van der Waals surface area contributed by atoms with Crippen molar-refractivity contribution in [1.29, 1.82) is 0 Å². The molecule has 0 aliphatic carbocycles. The Hall–Kier alpha value is -2.15. The average Bonchev–Trinajstić information content (AvgIpc) is 2.81. The summed E-state index contributed by atoms with van der Waals surface area (Å²) in [6.45, 7) is 0.0699. The van der Waals surface area contributed by atoms with Crippen LogP contribution in [0.3, 0.4) is 0 Å². The van der Waals surface area contributed by atoms with E-state index < -0.39 is 11.1 Å². The number of hydrogen-bond acceptors (Lipinski definition) is 5. The number of phenols is 2. The zero-order chi connectivity index (χ0) is 18.1. The van der Waals surface area contributed by atoms with E-state index >= 15 is 0 Å². The molecule has 0 saturated carbocycles. The van der Waals surface area contributed by atoms with Gasteiger partial charge < -0.3 is 10.2 Å². The molecule has 0 bridgehead atoms. The second-order valence-corrected chi connectivity index (χ2v) is 7.07. The van der Waals surface area contributed by atoms with Gasteiger partial charge in [-0.25, -0.2) is 0 Å². The van der Waals surface area contributed by atoms with Crippen molar-refractivity contribution < 1.29 is 19.8 Å². The van der Waals surface area contributed by atoms with Crippen molar-refractivity contribution in [1.82, 2.24) is 4.90 Å². The number of rotatable bonds is 3. The molecule has 1 aliphatic rings.